The van der Waals surface area contributed by atoms with Crippen LogP contribution in [0, 0.1) is 13.8 Å². The number of likely N-dealkylation sites (N-methyl/N-ethyl adjacent to an activating group) is 1. The van der Waals surface area contributed by atoms with Crippen molar-refractivity contribution < 1.29 is 4.79 Å². The van der Waals surface area contributed by atoms with Gasteiger partial charge in [-0.25, -0.2) is 4.99 Å². The van der Waals surface area contributed by atoms with Gasteiger partial charge in [-0.15, -0.1) is 0 Å². The van der Waals surface area contributed by atoms with Crippen LogP contribution in [0.1, 0.15) is 23.9 Å². The SMILES string of the molecule is CCN1C(=O)/C(=C\c2cc(C)n(-c3ccccc3)c2C)SC1=Nc1ccc(Br)c(Cl)c1. The van der Waals surface area contributed by atoms with Crippen LogP contribution < -0.4 is 0 Å². The van der Waals surface area contributed by atoms with E-state index in [2.05, 4.69) is 57.5 Å². The molecule has 0 saturated carbocycles. The smallest absolute Gasteiger partial charge is 0.266 e. The number of aromatic nitrogens is 1. The van der Waals surface area contributed by atoms with Crippen LogP contribution in [0.25, 0.3) is 11.8 Å². The first-order valence-electron chi connectivity index (χ1n) is 9.88. The Hall–Kier alpha value is -2.28. The zero-order chi connectivity index (χ0) is 22.1. The molecule has 1 fully saturated rings. The quantitative estimate of drug-likeness (QED) is 0.347. The second-order valence-corrected chi connectivity index (χ2v) is 9.42. The molecule has 1 aliphatic rings. The lowest BCUT2D eigenvalue weighted by molar-refractivity contribution is -0.122. The minimum absolute atomic E-state index is 0.0287. The monoisotopic (exact) mass is 513 g/mol. The molecule has 4 rings (SSSR count). The number of aryl methyl sites for hydroxylation is 1. The number of rotatable bonds is 4. The number of nitrogens with zero attached hydrogens (tertiary/aromatic N) is 3. The summed E-state index contributed by atoms with van der Waals surface area (Å²) in [5.74, 6) is -0.0287. The third-order valence-electron chi connectivity index (χ3n) is 5.10. The van der Waals surface area contributed by atoms with E-state index in [0.717, 1.165) is 27.1 Å². The molecule has 1 aromatic heterocycles. The second kappa shape index (κ2) is 9.07. The van der Waals surface area contributed by atoms with E-state index in [1.54, 1.807) is 11.0 Å². The van der Waals surface area contributed by atoms with Gasteiger partial charge in [0.1, 0.15) is 0 Å². The molecule has 0 unspecified atom stereocenters. The zero-order valence-electron chi connectivity index (χ0n) is 17.4. The molecule has 0 aliphatic carbocycles. The number of halogens is 2. The molecule has 0 spiro atoms. The van der Waals surface area contributed by atoms with Crippen LogP contribution in [0.4, 0.5) is 5.69 Å². The molecule has 4 nitrogen and oxygen atoms in total. The highest BCUT2D eigenvalue weighted by atomic mass is 79.9. The lowest BCUT2D eigenvalue weighted by Crippen LogP contribution is -2.28. The molecular formula is C24H21BrClN3OS. The first kappa shape index (κ1) is 21.9. The molecule has 0 radical (unpaired) electrons. The van der Waals surface area contributed by atoms with Gasteiger partial charge in [0, 0.05) is 28.1 Å². The number of carbonyl (C=O) groups is 1. The first-order valence-corrected chi connectivity index (χ1v) is 11.9. The number of amidine groups is 1. The second-order valence-electron chi connectivity index (χ2n) is 7.15. The Morgan fingerprint density at radius 1 is 1.13 bits per heavy atom. The third-order valence-corrected chi connectivity index (χ3v) is 7.34. The van der Waals surface area contributed by atoms with Gasteiger partial charge >= 0.3 is 0 Å². The minimum atomic E-state index is -0.0287. The average Bonchev–Trinajstić information content (AvgIpc) is 3.20. The van der Waals surface area contributed by atoms with Gasteiger partial charge in [-0.1, -0.05) is 29.8 Å². The van der Waals surface area contributed by atoms with E-state index in [-0.39, 0.29) is 5.91 Å². The van der Waals surface area contributed by atoms with Crippen LogP contribution in [-0.4, -0.2) is 27.1 Å². The van der Waals surface area contributed by atoms with Crippen molar-refractivity contribution in [2.75, 3.05) is 6.54 Å². The van der Waals surface area contributed by atoms with Crippen LogP contribution >= 0.6 is 39.3 Å². The van der Waals surface area contributed by atoms with E-state index in [9.17, 15) is 4.79 Å². The minimum Gasteiger partial charge on any atom is -0.318 e. The van der Waals surface area contributed by atoms with Crippen LogP contribution in [0.5, 0.6) is 0 Å². The van der Waals surface area contributed by atoms with Gasteiger partial charge in [-0.05, 0) is 96.5 Å². The van der Waals surface area contributed by atoms with Gasteiger partial charge in [0.05, 0.1) is 15.6 Å². The molecule has 7 heteroatoms. The van der Waals surface area contributed by atoms with Crippen LogP contribution in [-0.2, 0) is 4.79 Å². The topological polar surface area (TPSA) is 37.6 Å². The lowest BCUT2D eigenvalue weighted by Gasteiger charge is -2.12. The molecule has 1 saturated heterocycles. The van der Waals surface area contributed by atoms with Crippen LogP contribution in [0.3, 0.4) is 0 Å². The summed E-state index contributed by atoms with van der Waals surface area (Å²) in [6.45, 7) is 6.66. The summed E-state index contributed by atoms with van der Waals surface area (Å²) in [6, 6.07) is 17.9. The summed E-state index contributed by atoms with van der Waals surface area (Å²) in [5, 5.41) is 1.25. The van der Waals surface area contributed by atoms with Crippen molar-refractivity contribution in [3.8, 4) is 5.69 Å². The highest BCUT2D eigenvalue weighted by Crippen LogP contribution is 2.36. The number of amides is 1. The van der Waals surface area contributed by atoms with Gasteiger partial charge in [0.25, 0.3) is 5.91 Å². The molecule has 0 bridgehead atoms. The Bertz CT molecular complexity index is 1220. The van der Waals surface area contributed by atoms with Crippen molar-refractivity contribution in [1.29, 1.82) is 0 Å². The molecule has 3 aromatic rings. The Balaban J connectivity index is 1.70. The third kappa shape index (κ3) is 4.38. The standard InChI is InChI=1S/C24H21BrClN3OS/c1-4-28-23(30)22(31-24(28)27-18-10-11-20(25)21(26)14-18)13-17-12-15(2)29(16(17)3)19-8-6-5-7-9-19/h5-14H,4H2,1-3H3/b22-13+,27-24?. The summed E-state index contributed by atoms with van der Waals surface area (Å²) in [6.07, 6.45) is 1.97. The lowest BCUT2D eigenvalue weighted by atomic mass is 10.2. The largest absolute Gasteiger partial charge is 0.318 e. The fourth-order valence-corrected chi connectivity index (χ4v) is 5.06. The zero-order valence-corrected chi connectivity index (χ0v) is 20.6. The van der Waals surface area contributed by atoms with Crippen molar-refractivity contribution in [2.45, 2.75) is 20.8 Å². The summed E-state index contributed by atoms with van der Waals surface area (Å²) >= 11 is 11.0. The summed E-state index contributed by atoms with van der Waals surface area (Å²) in [4.78, 5) is 20.1. The Kier molecular flexibility index (Phi) is 6.42. The number of hydrogen-bond acceptors (Lipinski definition) is 3. The molecule has 31 heavy (non-hydrogen) atoms. The Labute approximate surface area is 199 Å². The molecule has 1 aliphatic heterocycles. The van der Waals surface area contributed by atoms with Crippen molar-refractivity contribution >= 4 is 62.1 Å². The summed E-state index contributed by atoms with van der Waals surface area (Å²) in [7, 11) is 0. The highest BCUT2D eigenvalue weighted by molar-refractivity contribution is 9.10. The van der Waals surface area contributed by atoms with Crippen molar-refractivity contribution in [2.24, 2.45) is 4.99 Å². The van der Waals surface area contributed by atoms with E-state index in [0.29, 0.717) is 27.3 Å². The van der Waals surface area contributed by atoms with Crippen LogP contribution in [0.2, 0.25) is 5.02 Å². The molecule has 2 aromatic carbocycles. The van der Waals surface area contributed by atoms with E-state index in [1.807, 2.05) is 43.3 Å². The predicted octanol–water partition coefficient (Wildman–Crippen LogP) is 7.13. The molecular weight excluding hydrogens is 494 g/mol. The number of aliphatic imine (C=N–C) groups is 1. The van der Waals surface area contributed by atoms with Gasteiger partial charge < -0.3 is 4.57 Å². The van der Waals surface area contributed by atoms with E-state index < -0.39 is 0 Å². The van der Waals surface area contributed by atoms with E-state index >= 15 is 0 Å². The van der Waals surface area contributed by atoms with E-state index in [4.69, 9.17) is 11.6 Å². The number of benzene rings is 2. The maximum atomic E-state index is 13.1. The highest BCUT2D eigenvalue weighted by Gasteiger charge is 2.32. The maximum Gasteiger partial charge on any atom is 0.266 e. The maximum absolute atomic E-state index is 13.1. The fourth-order valence-electron chi connectivity index (χ4n) is 3.58. The van der Waals surface area contributed by atoms with Gasteiger partial charge in [0.2, 0.25) is 0 Å². The number of para-hydroxylation sites is 1. The first-order chi connectivity index (χ1) is 14.9. The van der Waals surface area contributed by atoms with Crippen molar-refractivity contribution in [3.63, 3.8) is 0 Å². The molecule has 0 N–H and O–H groups in total. The molecule has 158 valence electrons. The molecule has 1 amide bonds. The Morgan fingerprint density at radius 3 is 2.55 bits per heavy atom. The normalized spacial score (nSPS) is 16.7. The number of thioether (sulfide) groups is 1. The van der Waals surface area contributed by atoms with Gasteiger partial charge in [-0.2, -0.15) is 0 Å². The van der Waals surface area contributed by atoms with Crippen molar-refractivity contribution in [3.05, 3.63) is 85.9 Å². The van der Waals surface area contributed by atoms with Gasteiger partial charge in [0.15, 0.2) is 5.17 Å². The number of hydrogen-bond donors (Lipinski definition) is 0. The molecule has 2 heterocycles. The fraction of sp³-hybridized carbons (Fsp3) is 0.167. The predicted molar refractivity (Wildman–Crippen MR) is 134 cm³/mol. The van der Waals surface area contributed by atoms with Gasteiger partial charge in [-0.3, -0.25) is 9.69 Å². The summed E-state index contributed by atoms with van der Waals surface area (Å²) in [5.41, 5.74) is 5.07. The van der Waals surface area contributed by atoms with E-state index in [1.165, 1.54) is 11.8 Å². The average molecular weight is 515 g/mol. The molecule has 0 atom stereocenters. The summed E-state index contributed by atoms with van der Waals surface area (Å²) < 4.78 is 3.02. The van der Waals surface area contributed by atoms with Crippen LogP contribution in [0.15, 0.2) is 69.0 Å². The van der Waals surface area contributed by atoms with Crippen molar-refractivity contribution in [1.82, 2.24) is 9.47 Å². The number of carbonyl (C=O) groups excluding carboxylic acids is 1. The Morgan fingerprint density at radius 2 is 1.87 bits per heavy atom.